The van der Waals surface area contributed by atoms with Gasteiger partial charge in [-0.1, -0.05) is 36.4 Å². The van der Waals surface area contributed by atoms with Gasteiger partial charge in [0.1, 0.15) is 17.4 Å². The first-order valence-corrected chi connectivity index (χ1v) is 10.6. The minimum absolute atomic E-state index is 0.261. The molecular weight excluding hydrogens is 436 g/mol. The van der Waals surface area contributed by atoms with Crippen LogP contribution in [0.4, 0.5) is 5.69 Å². The Kier molecular flexibility index (Phi) is 6.51. The number of anilines is 1. The first-order chi connectivity index (χ1) is 16.4. The van der Waals surface area contributed by atoms with Crippen molar-refractivity contribution in [1.29, 1.82) is 0 Å². The van der Waals surface area contributed by atoms with Gasteiger partial charge in [-0.2, -0.15) is 0 Å². The SMILES string of the molecule is NCc1cccc(-c2cc(C(CC(=O)O)Oc3ccccc3CC(=O)O)c(N)c3ccoc23)c1. The molecule has 0 aliphatic heterocycles. The Labute approximate surface area is 195 Å². The second-order valence-electron chi connectivity index (χ2n) is 7.88. The van der Waals surface area contributed by atoms with E-state index < -0.39 is 18.0 Å². The molecule has 0 saturated heterocycles. The van der Waals surface area contributed by atoms with Gasteiger partial charge in [0.25, 0.3) is 0 Å². The highest BCUT2D eigenvalue weighted by atomic mass is 16.5. The molecule has 0 bridgehead atoms. The van der Waals surface area contributed by atoms with Gasteiger partial charge in [-0.05, 0) is 35.4 Å². The lowest BCUT2D eigenvalue weighted by Crippen LogP contribution is -2.16. The van der Waals surface area contributed by atoms with Crippen LogP contribution >= 0.6 is 0 Å². The van der Waals surface area contributed by atoms with Gasteiger partial charge in [0.2, 0.25) is 0 Å². The number of fused-ring (bicyclic) bond motifs is 1. The zero-order valence-electron chi connectivity index (χ0n) is 18.2. The summed E-state index contributed by atoms with van der Waals surface area (Å²) in [7, 11) is 0. The maximum atomic E-state index is 11.8. The van der Waals surface area contributed by atoms with Gasteiger partial charge in [0.15, 0.2) is 0 Å². The van der Waals surface area contributed by atoms with Crippen LogP contribution in [0.1, 0.15) is 29.2 Å². The molecule has 3 aromatic carbocycles. The first-order valence-electron chi connectivity index (χ1n) is 10.6. The molecule has 1 unspecified atom stereocenters. The quantitative estimate of drug-likeness (QED) is 0.269. The van der Waals surface area contributed by atoms with Crippen LogP contribution in [-0.4, -0.2) is 22.2 Å². The van der Waals surface area contributed by atoms with Crippen molar-refractivity contribution >= 4 is 28.6 Å². The number of ether oxygens (including phenoxy) is 1. The zero-order valence-corrected chi connectivity index (χ0v) is 18.2. The van der Waals surface area contributed by atoms with E-state index in [0.29, 0.717) is 34.3 Å². The van der Waals surface area contributed by atoms with Crippen LogP contribution in [0.25, 0.3) is 22.1 Å². The van der Waals surface area contributed by atoms with E-state index in [1.54, 1.807) is 36.4 Å². The summed E-state index contributed by atoms with van der Waals surface area (Å²) >= 11 is 0. The fraction of sp³-hybridized carbons (Fsp3) is 0.154. The van der Waals surface area contributed by atoms with Crippen LogP contribution in [0.5, 0.6) is 5.75 Å². The molecule has 8 nitrogen and oxygen atoms in total. The van der Waals surface area contributed by atoms with Crippen LogP contribution in [0.2, 0.25) is 0 Å². The van der Waals surface area contributed by atoms with E-state index in [4.69, 9.17) is 20.6 Å². The summed E-state index contributed by atoms with van der Waals surface area (Å²) in [6, 6.07) is 17.8. The Morgan fingerprint density at radius 1 is 1.00 bits per heavy atom. The number of carboxylic acid groups (broad SMARTS) is 2. The van der Waals surface area contributed by atoms with Crippen LogP contribution in [0, 0.1) is 0 Å². The molecule has 4 rings (SSSR count). The third-order valence-corrected chi connectivity index (χ3v) is 5.57. The largest absolute Gasteiger partial charge is 0.485 e. The molecule has 0 aliphatic rings. The second kappa shape index (κ2) is 9.68. The van der Waals surface area contributed by atoms with Crippen LogP contribution < -0.4 is 16.2 Å². The predicted octanol–water partition coefficient (Wildman–Crippen LogP) is 4.36. The first kappa shape index (κ1) is 22.9. The van der Waals surface area contributed by atoms with E-state index in [2.05, 4.69) is 0 Å². The van der Waals surface area contributed by atoms with Gasteiger partial charge in [-0.3, -0.25) is 9.59 Å². The zero-order chi connectivity index (χ0) is 24.2. The van der Waals surface area contributed by atoms with Crippen molar-refractivity contribution in [2.24, 2.45) is 5.73 Å². The maximum absolute atomic E-state index is 11.8. The van der Waals surface area contributed by atoms with E-state index in [1.165, 1.54) is 6.26 Å². The average Bonchev–Trinajstić information content (AvgIpc) is 3.30. The van der Waals surface area contributed by atoms with Crippen molar-refractivity contribution in [1.82, 2.24) is 0 Å². The third-order valence-electron chi connectivity index (χ3n) is 5.57. The molecule has 0 radical (unpaired) electrons. The number of carbonyl (C=O) groups is 2. The summed E-state index contributed by atoms with van der Waals surface area (Å²) in [4.78, 5) is 23.0. The second-order valence-corrected chi connectivity index (χ2v) is 7.88. The molecule has 0 saturated carbocycles. The van der Waals surface area contributed by atoms with Gasteiger partial charge < -0.3 is 30.8 Å². The third kappa shape index (κ3) is 4.72. The lowest BCUT2D eigenvalue weighted by molar-refractivity contribution is -0.139. The summed E-state index contributed by atoms with van der Waals surface area (Å²) in [5, 5.41) is 19.5. The van der Waals surface area contributed by atoms with Gasteiger partial charge in [0.05, 0.1) is 19.1 Å². The lowest BCUT2D eigenvalue weighted by Gasteiger charge is -2.22. The van der Waals surface area contributed by atoms with Gasteiger partial charge in [0, 0.05) is 34.3 Å². The number of para-hydroxylation sites is 1. The number of nitrogens with two attached hydrogens (primary N) is 2. The Bertz CT molecular complexity index is 1360. The Morgan fingerprint density at radius 2 is 1.79 bits per heavy atom. The van der Waals surface area contributed by atoms with Crippen LogP contribution in [-0.2, 0) is 22.6 Å². The van der Waals surface area contributed by atoms with Crippen molar-refractivity contribution in [3.63, 3.8) is 0 Å². The summed E-state index contributed by atoms with van der Waals surface area (Å²) in [6.45, 7) is 0.363. The summed E-state index contributed by atoms with van der Waals surface area (Å²) in [5.41, 5.74) is 16.6. The molecule has 1 atom stereocenters. The number of aliphatic carboxylic acids is 2. The number of hydrogen-bond donors (Lipinski definition) is 4. The lowest BCUT2D eigenvalue weighted by atomic mass is 9.94. The molecule has 1 heterocycles. The number of nitrogen functional groups attached to an aromatic ring is 1. The molecule has 8 heteroatoms. The fourth-order valence-electron chi connectivity index (χ4n) is 3.99. The molecule has 1 aromatic heterocycles. The standard InChI is InChI=1S/C26H24N2O6/c27-14-15-4-3-6-16(10-15)19-12-20(25(28)18-8-9-33-26(18)19)22(13-24(31)32)34-21-7-2-1-5-17(21)11-23(29)30/h1-10,12,22H,11,13-14,27-28H2,(H,29,30)(H,31,32). The summed E-state index contributed by atoms with van der Waals surface area (Å²) in [6.07, 6.45) is -0.0835. The normalized spacial score (nSPS) is 11.9. The highest BCUT2D eigenvalue weighted by Gasteiger charge is 2.25. The molecule has 0 fully saturated rings. The van der Waals surface area contributed by atoms with E-state index >= 15 is 0 Å². The Balaban J connectivity index is 1.86. The van der Waals surface area contributed by atoms with Gasteiger partial charge >= 0.3 is 11.9 Å². The predicted molar refractivity (Wildman–Crippen MR) is 127 cm³/mol. The smallest absolute Gasteiger partial charge is 0.307 e. The van der Waals surface area contributed by atoms with E-state index in [9.17, 15) is 19.8 Å². The van der Waals surface area contributed by atoms with E-state index in [0.717, 1.165) is 16.7 Å². The van der Waals surface area contributed by atoms with Gasteiger partial charge in [-0.25, -0.2) is 0 Å². The van der Waals surface area contributed by atoms with Crippen LogP contribution in [0.15, 0.2) is 71.3 Å². The Morgan fingerprint density at radius 3 is 2.53 bits per heavy atom. The molecule has 4 aromatic rings. The van der Waals surface area contributed by atoms with Gasteiger partial charge in [-0.15, -0.1) is 0 Å². The fourth-order valence-corrected chi connectivity index (χ4v) is 3.99. The number of hydrogen-bond acceptors (Lipinski definition) is 6. The maximum Gasteiger partial charge on any atom is 0.307 e. The number of furan rings is 1. The minimum Gasteiger partial charge on any atom is -0.485 e. The van der Waals surface area contributed by atoms with Crippen LogP contribution in [0.3, 0.4) is 0 Å². The highest BCUT2D eigenvalue weighted by Crippen LogP contribution is 2.40. The molecular formula is C26H24N2O6. The van der Waals surface area contributed by atoms with E-state index in [-0.39, 0.29) is 18.6 Å². The molecule has 0 spiro atoms. The van der Waals surface area contributed by atoms with E-state index in [1.807, 2.05) is 24.3 Å². The molecule has 0 aliphatic carbocycles. The average molecular weight is 460 g/mol. The topological polar surface area (TPSA) is 149 Å². The number of carboxylic acids is 2. The summed E-state index contributed by atoms with van der Waals surface area (Å²) in [5.74, 6) is -1.82. The molecule has 34 heavy (non-hydrogen) atoms. The molecule has 174 valence electrons. The summed E-state index contributed by atoms with van der Waals surface area (Å²) < 4.78 is 11.8. The van der Waals surface area contributed by atoms with Crippen molar-refractivity contribution in [2.45, 2.75) is 25.5 Å². The van der Waals surface area contributed by atoms with Crippen molar-refractivity contribution in [3.05, 3.63) is 83.6 Å². The van der Waals surface area contributed by atoms with Crippen molar-refractivity contribution in [3.8, 4) is 16.9 Å². The monoisotopic (exact) mass is 460 g/mol. The Hall–Kier alpha value is -4.30. The van der Waals surface area contributed by atoms with Crippen molar-refractivity contribution in [2.75, 3.05) is 5.73 Å². The van der Waals surface area contributed by atoms with Crippen molar-refractivity contribution < 1.29 is 29.0 Å². The highest BCUT2D eigenvalue weighted by molar-refractivity contribution is 6.01. The molecule has 0 amide bonds. The molecule has 6 N–H and O–H groups in total. The number of rotatable bonds is 9. The minimum atomic E-state index is -1.08. The number of benzene rings is 3.